The number of aromatic nitrogens is 1. The number of hydrogen-bond donors (Lipinski definition) is 0. The Morgan fingerprint density at radius 3 is 2.64 bits per heavy atom. The lowest BCUT2D eigenvalue weighted by Crippen LogP contribution is -1.83. The molecule has 4 heteroatoms. The van der Waals surface area contributed by atoms with Crippen LogP contribution in [0, 0.1) is 12.7 Å². The van der Waals surface area contributed by atoms with E-state index in [1.807, 2.05) is 0 Å². The van der Waals surface area contributed by atoms with Crippen LogP contribution in [0.2, 0.25) is 0 Å². The van der Waals surface area contributed by atoms with Gasteiger partial charge in [0, 0.05) is 5.56 Å². The predicted octanol–water partition coefficient (Wildman–Crippen LogP) is 3.55. The Kier molecular flexibility index (Phi) is 2.37. The molecule has 0 bridgehead atoms. The molecule has 0 amide bonds. The summed E-state index contributed by atoms with van der Waals surface area (Å²) in [6, 6.07) is 6.46. The van der Waals surface area contributed by atoms with Gasteiger partial charge >= 0.3 is 0 Å². The fourth-order valence-corrected chi connectivity index (χ4v) is 1.54. The summed E-state index contributed by atoms with van der Waals surface area (Å²) in [6.07, 6.45) is 0. The molecule has 0 atom stereocenters. The van der Waals surface area contributed by atoms with Crippen molar-refractivity contribution in [3.63, 3.8) is 0 Å². The van der Waals surface area contributed by atoms with E-state index in [4.69, 9.17) is 4.52 Å². The third-order valence-corrected chi connectivity index (χ3v) is 2.85. The van der Waals surface area contributed by atoms with Crippen molar-refractivity contribution in [2.45, 2.75) is 6.92 Å². The van der Waals surface area contributed by atoms with Gasteiger partial charge in [-0.3, -0.25) is 0 Å². The van der Waals surface area contributed by atoms with Crippen molar-refractivity contribution < 1.29 is 8.91 Å². The molecular weight excluding hydrogens is 249 g/mol. The van der Waals surface area contributed by atoms with Gasteiger partial charge in [-0.25, -0.2) is 4.39 Å². The maximum absolute atomic E-state index is 13.4. The Balaban J connectivity index is 2.60. The number of benzene rings is 1. The minimum atomic E-state index is -0.304. The minimum absolute atomic E-state index is 0.304. The number of rotatable bonds is 1. The van der Waals surface area contributed by atoms with Gasteiger partial charge in [0.2, 0.25) is 0 Å². The average molecular weight is 256 g/mol. The first-order chi connectivity index (χ1) is 6.70. The Hall–Kier alpha value is -1.16. The quantitative estimate of drug-likeness (QED) is 0.779. The zero-order valence-corrected chi connectivity index (χ0v) is 9.01. The van der Waals surface area contributed by atoms with Crippen LogP contribution in [-0.4, -0.2) is 5.16 Å². The van der Waals surface area contributed by atoms with Gasteiger partial charge in [0.25, 0.3) is 0 Å². The molecule has 0 unspecified atom stereocenters. The van der Waals surface area contributed by atoms with Crippen LogP contribution in [0.4, 0.5) is 4.39 Å². The summed E-state index contributed by atoms with van der Waals surface area (Å²) < 4.78 is 19.0. The molecule has 1 aromatic carbocycles. The smallest absolute Gasteiger partial charge is 0.148 e. The van der Waals surface area contributed by atoms with E-state index in [2.05, 4.69) is 21.1 Å². The van der Waals surface area contributed by atoms with E-state index in [9.17, 15) is 4.39 Å². The molecule has 0 saturated carbocycles. The molecule has 0 aliphatic heterocycles. The van der Waals surface area contributed by atoms with Crippen LogP contribution in [0.1, 0.15) is 5.76 Å². The van der Waals surface area contributed by atoms with Crippen LogP contribution >= 0.6 is 15.9 Å². The molecule has 1 heterocycles. The van der Waals surface area contributed by atoms with Crippen LogP contribution in [0.3, 0.4) is 0 Å². The molecule has 0 radical (unpaired) electrons. The number of halogens is 2. The zero-order chi connectivity index (χ0) is 10.1. The maximum atomic E-state index is 13.4. The molecule has 0 saturated heterocycles. The molecule has 1 aromatic heterocycles. The van der Waals surface area contributed by atoms with Gasteiger partial charge in [0.15, 0.2) is 0 Å². The van der Waals surface area contributed by atoms with E-state index < -0.39 is 0 Å². The molecule has 2 aromatic rings. The first-order valence-electron chi connectivity index (χ1n) is 4.07. The molecule has 0 fully saturated rings. The largest absolute Gasteiger partial charge is 0.360 e. The van der Waals surface area contributed by atoms with Crippen LogP contribution in [0.5, 0.6) is 0 Å². The molecule has 2 rings (SSSR count). The van der Waals surface area contributed by atoms with E-state index in [0.29, 0.717) is 21.5 Å². The second kappa shape index (κ2) is 3.53. The maximum Gasteiger partial charge on any atom is 0.148 e. The summed E-state index contributed by atoms with van der Waals surface area (Å²) in [5.74, 6) is 0.338. The molecule has 0 aliphatic carbocycles. The fraction of sp³-hybridized carbons (Fsp3) is 0.100. The normalized spacial score (nSPS) is 10.5. The Bertz CT molecular complexity index is 467. The SMILES string of the molecule is Cc1onc(-c2ccccc2F)c1Br. The summed E-state index contributed by atoms with van der Waals surface area (Å²) in [4.78, 5) is 0. The van der Waals surface area contributed by atoms with Gasteiger partial charge in [-0.1, -0.05) is 17.3 Å². The molecule has 72 valence electrons. The van der Waals surface area contributed by atoms with E-state index in [1.54, 1.807) is 25.1 Å². The van der Waals surface area contributed by atoms with Crippen LogP contribution in [-0.2, 0) is 0 Å². The van der Waals surface area contributed by atoms with Crippen LogP contribution in [0.15, 0.2) is 33.3 Å². The molecule has 0 N–H and O–H groups in total. The van der Waals surface area contributed by atoms with Gasteiger partial charge in [0.1, 0.15) is 17.3 Å². The molecule has 14 heavy (non-hydrogen) atoms. The first kappa shape index (κ1) is 9.40. The van der Waals surface area contributed by atoms with Crippen LogP contribution in [0.25, 0.3) is 11.3 Å². The predicted molar refractivity (Wildman–Crippen MR) is 54.3 cm³/mol. The molecule has 0 spiro atoms. The summed E-state index contributed by atoms with van der Waals surface area (Å²) in [7, 11) is 0. The van der Waals surface area contributed by atoms with Gasteiger partial charge < -0.3 is 4.52 Å². The number of nitrogens with zero attached hydrogens (tertiary/aromatic N) is 1. The summed E-state index contributed by atoms with van der Waals surface area (Å²) in [5.41, 5.74) is 0.942. The van der Waals surface area contributed by atoms with Crippen LogP contribution < -0.4 is 0 Å². The van der Waals surface area contributed by atoms with Gasteiger partial charge in [-0.05, 0) is 35.0 Å². The van der Waals surface area contributed by atoms with Crippen molar-refractivity contribution in [3.05, 3.63) is 40.3 Å². The van der Waals surface area contributed by atoms with Crippen molar-refractivity contribution in [1.29, 1.82) is 0 Å². The van der Waals surface area contributed by atoms with E-state index in [-0.39, 0.29) is 5.82 Å². The lowest BCUT2D eigenvalue weighted by Gasteiger charge is -1.97. The van der Waals surface area contributed by atoms with E-state index in [0.717, 1.165) is 0 Å². The first-order valence-corrected chi connectivity index (χ1v) is 4.86. The lowest BCUT2D eigenvalue weighted by atomic mass is 10.1. The highest BCUT2D eigenvalue weighted by Gasteiger charge is 2.14. The Morgan fingerprint density at radius 1 is 1.36 bits per heavy atom. The third kappa shape index (κ3) is 1.46. The lowest BCUT2D eigenvalue weighted by molar-refractivity contribution is 0.398. The van der Waals surface area contributed by atoms with Crippen molar-refractivity contribution in [3.8, 4) is 11.3 Å². The standard InChI is InChI=1S/C10H7BrFNO/c1-6-9(11)10(13-14-6)7-4-2-3-5-8(7)12/h2-5H,1H3. The summed E-state index contributed by atoms with van der Waals surface area (Å²) in [6.45, 7) is 1.77. The summed E-state index contributed by atoms with van der Waals surface area (Å²) in [5, 5.41) is 3.78. The molecule has 0 aliphatic rings. The molecular formula is C10H7BrFNO. The Morgan fingerprint density at radius 2 is 2.07 bits per heavy atom. The highest BCUT2D eigenvalue weighted by molar-refractivity contribution is 9.10. The highest BCUT2D eigenvalue weighted by atomic mass is 79.9. The fourth-order valence-electron chi connectivity index (χ4n) is 1.18. The number of hydrogen-bond acceptors (Lipinski definition) is 2. The summed E-state index contributed by atoms with van der Waals surface area (Å²) >= 11 is 3.30. The van der Waals surface area contributed by atoms with Crippen molar-refractivity contribution >= 4 is 15.9 Å². The Labute approximate surface area is 88.9 Å². The van der Waals surface area contributed by atoms with Crippen molar-refractivity contribution in [2.24, 2.45) is 0 Å². The average Bonchev–Trinajstić information content (AvgIpc) is 2.49. The monoisotopic (exact) mass is 255 g/mol. The van der Waals surface area contributed by atoms with E-state index >= 15 is 0 Å². The van der Waals surface area contributed by atoms with E-state index in [1.165, 1.54) is 6.07 Å². The minimum Gasteiger partial charge on any atom is -0.360 e. The van der Waals surface area contributed by atoms with Gasteiger partial charge in [-0.15, -0.1) is 0 Å². The highest BCUT2D eigenvalue weighted by Crippen LogP contribution is 2.31. The second-order valence-corrected chi connectivity index (χ2v) is 3.67. The van der Waals surface area contributed by atoms with Crippen molar-refractivity contribution in [1.82, 2.24) is 5.16 Å². The second-order valence-electron chi connectivity index (χ2n) is 2.88. The van der Waals surface area contributed by atoms with Gasteiger partial charge in [-0.2, -0.15) is 0 Å². The van der Waals surface area contributed by atoms with Gasteiger partial charge in [0.05, 0.1) is 4.47 Å². The zero-order valence-electron chi connectivity index (χ0n) is 7.42. The number of aryl methyl sites for hydroxylation is 1. The molecule has 2 nitrogen and oxygen atoms in total. The van der Waals surface area contributed by atoms with Crippen molar-refractivity contribution in [2.75, 3.05) is 0 Å². The topological polar surface area (TPSA) is 26.0 Å². The third-order valence-electron chi connectivity index (χ3n) is 1.92.